The largest absolute Gasteiger partial charge is 0.508 e. The maximum atomic E-state index is 9.56. The van der Waals surface area contributed by atoms with Gasteiger partial charge in [-0.1, -0.05) is 6.07 Å². The maximum Gasteiger partial charge on any atom is 0.376 e. The van der Waals surface area contributed by atoms with Gasteiger partial charge in [0.05, 0.1) is 0 Å². The first-order chi connectivity index (χ1) is 8.15. The molecule has 1 aliphatic rings. The summed E-state index contributed by atoms with van der Waals surface area (Å²) in [6.45, 7) is 3.60. The van der Waals surface area contributed by atoms with Gasteiger partial charge in [-0.05, 0) is 38.3 Å². The Morgan fingerprint density at radius 3 is 3.00 bits per heavy atom. The highest BCUT2D eigenvalue weighted by Crippen LogP contribution is 2.19. The van der Waals surface area contributed by atoms with Crippen molar-refractivity contribution in [2.75, 3.05) is 18.4 Å². The number of piperidine rings is 1. The molecule has 1 atom stereocenters. The van der Waals surface area contributed by atoms with Crippen LogP contribution in [0.15, 0.2) is 24.3 Å². The van der Waals surface area contributed by atoms with Gasteiger partial charge in [-0.25, -0.2) is 0 Å². The molecule has 0 aliphatic carbocycles. The minimum atomic E-state index is -0.385. The van der Waals surface area contributed by atoms with Crippen LogP contribution in [-0.4, -0.2) is 41.1 Å². The lowest BCUT2D eigenvalue weighted by Crippen LogP contribution is -2.48. The maximum absolute atomic E-state index is 9.56. The number of aromatic hydroxyl groups is 1. The van der Waals surface area contributed by atoms with Crippen molar-refractivity contribution in [1.82, 2.24) is 4.81 Å². The van der Waals surface area contributed by atoms with Gasteiger partial charge in [-0.3, -0.25) is 0 Å². The van der Waals surface area contributed by atoms with Crippen LogP contribution >= 0.6 is 0 Å². The summed E-state index contributed by atoms with van der Waals surface area (Å²) in [5.74, 6) is 0.276. The minimum absolute atomic E-state index is 0.276. The van der Waals surface area contributed by atoms with Gasteiger partial charge < -0.3 is 20.3 Å². The standard InChI is InChI=1S/C12H19BN2O2/c1-13(17)15-7-3-5-11(9-15)14-10-4-2-6-12(16)8-10/h2,4,6,8,11,14,16-17H,3,5,7,9H2,1H3/t11-/m1/s1. The second-order valence-corrected chi connectivity index (χ2v) is 4.66. The third-order valence-electron chi connectivity index (χ3n) is 3.20. The summed E-state index contributed by atoms with van der Waals surface area (Å²) >= 11 is 0. The Bertz CT molecular complexity index is 373. The molecule has 0 spiro atoms. The lowest BCUT2D eigenvalue weighted by Gasteiger charge is -2.34. The zero-order valence-electron chi connectivity index (χ0n) is 10.1. The van der Waals surface area contributed by atoms with Crippen LogP contribution in [0.25, 0.3) is 0 Å². The molecule has 3 N–H and O–H groups in total. The van der Waals surface area contributed by atoms with E-state index >= 15 is 0 Å². The van der Waals surface area contributed by atoms with E-state index in [9.17, 15) is 10.1 Å². The van der Waals surface area contributed by atoms with Gasteiger partial charge in [0, 0.05) is 24.3 Å². The number of phenols is 1. The summed E-state index contributed by atoms with van der Waals surface area (Å²) in [5, 5.41) is 22.3. The molecule has 0 bridgehead atoms. The number of rotatable bonds is 3. The molecule has 1 aliphatic heterocycles. The van der Waals surface area contributed by atoms with E-state index in [4.69, 9.17) is 0 Å². The molecule has 0 radical (unpaired) electrons. The highest BCUT2D eigenvalue weighted by molar-refractivity contribution is 6.45. The Hall–Kier alpha value is -1.20. The molecule has 1 aromatic carbocycles. The van der Waals surface area contributed by atoms with Gasteiger partial charge in [0.25, 0.3) is 0 Å². The van der Waals surface area contributed by atoms with Gasteiger partial charge in [-0.2, -0.15) is 0 Å². The Balaban J connectivity index is 1.94. The van der Waals surface area contributed by atoms with E-state index < -0.39 is 0 Å². The normalized spacial score (nSPS) is 21.2. The van der Waals surface area contributed by atoms with Crippen molar-refractivity contribution >= 4 is 12.7 Å². The molecule has 0 aromatic heterocycles. The molecular formula is C12H19BN2O2. The summed E-state index contributed by atoms with van der Waals surface area (Å²) < 4.78 is 0. The van der Waals surface area contributed by atoms with Crippen molar-refractivity contribution < 1.29 is 10.1 Å². The smallest absolute Gasteiger partial charge is 0.376 e. The molecule has 0 unspecified atom stereocenters. The number of hydrogen-bond donors (Lipinski definition) is 3. The fourth-order valence-electron chi connectivity index (χ4n) is 2.30. The van der Waals surface area contributed by atoms with Crippen molar-refractivity contribution in [3.05, 3.63) is 24.3 Å². The van der Waals surface area contributed by atoms with Crippen LogP contribution < -0.4 is 5.32 Å². The molecule has 17 heavy (non-hydrogen) atoms. The molecule has 5 heteroatoms. The number of nitrogens with one attached hydrogen (secondary N) is 1. The predicted octanol–water partition coefficient (Wildman–Crippen LogP) is 1.38. The number of anilines is 1. The van der Waals surface area contributed by atoms with Crippen LogP contribution in [-0.2, 0) is 0 Å². The summed E-state index contributed by atoms with van der Waals surface area (Å²) in [6.07, 6.45) is 2.18. The van der Waals surface area contributed by atoms with E-state index in [1.165, 1.54) is 0 Å². The second-order valence-electron chi connectivity index (χ2n) is 4.66. The first-order valence-corrected chi connectivity index (χ1v) is 6.13. The fourth-order valence-corrected chi connectivity index (χ4v) is 2.30. The number of benzene rings is 1. The van der Waals surface area contributed by atoms with E-state index in [0.29, 0.717) is 6.04 Å². The van der Waals surface area contributed by atoms with Crippen LogP contribution in [0.5, 0.6) is 5.75 Å². The van der Waals surface area contributed by atoms with Crippen LogP contribution in [0.3, 0.4) is 0 Å². The van der Waals surface area contributed by atoms with Gasteiger partial charge >= 0.3 is 7.05 Å². The second kappa shape index (κ2) is 5.43. The summed E-state index contributed by atoms with van der Waals surface area (Å²) in [5.41, 5.74) is 0.933. The van der Waals surface area contributed by atoms with Crippen LogP contribution in [0.4, 0.5) is 5.69 Å². The van der Waals surface area contributed by atoms with E-state index in [-0.39, 0.29) is 12.8 Å². The van der Waals surface area contributed by atoms with E-state index in [1.807, 2.05) is 12.1 Å². The molecular weight excluding hydrogens is 215 g/mol. The van der Waals surface area contributed by atoms with Crippen molar-refractivity contribution in [1.29, 1.82) is 0 Å². The molecule has 0 amide bonds. The van der Waals surface area contributed by atoms with Gasteiger partial charge in [0.1, 0.15) is 5.75 Å². The molecule has 2 rings (SSSR count). The van der Waals surface area contributed by atoms with Gasteiger partial charge in [0.2, 0.25) is 0 Å². The summed E-state index contributed by atoms with van der Waals surface area (Å²) in [6, 6.07) is 7.49. The Morgan fingerprint density at radius 2 is 2.29 bits per heavy atom. The average molecular weight is 234 g/mol. The monoisotopic (exact) mass is 234 g/mol. The average Bonchev–Trinajstić information content (AvgIpc) is 2.29. The fraction of sp³-hybridized carbons (Fsp3) is 0.500. The lowest BCUT2D eigenvalue weighted by molar-refractivity contribution is 0.295. The summed E-state index contributed by atoms with van der Waals surface area (Å²) in [7, 11) is -0.385. The van der Waals surface area contributed by atoms with Crippen LogP contribution in [0.1, 0.15) is 12.8 Å². The van der Waals surface area contributed by atoms with Crippen molar-refractivity contribution in [3.63, 3.8) is 0 Å². The highest BCUT2D eigenvalue weighted by atomic mass is 16.3. The molecule has 1 fully saturated rings. The Morgan fingerprint density at radius 1 is 1.47 bits per heavy atom. The predicted molar refractivity (Wildman–Crippen MR) is 70.2 cm³/mol. The molecule has 0 saturated carbocycles. The lowest BCUT2D eigenvalue weighted by atomic mass is 9.82. The topological polar surface area (TPSA) is 55.7 Å². The zero-order chi connectivity index (χ0) is 12.3. The molecule has 1 heterocycles. The molecule has 1 aromatic rings. The van der Waals surface area contributed by atoms with Crippen molar-refractivity contribution in [2.45, 2.75) is 25.7 Å². The third-order valence-corrected chi connectivity index (χ3v) is 3.20. The van der Waals surface area contributed by atoms with E-state index in [1.54, 1.807) is 19.0 Å². The van der Waals surface area contributed by atoms with Gasteiger partial charge in [0.15, 0.2) is 0 Å². The third kappa shape index (κ3) is 3.38. The van der Waals surface area contributed by atoms with Crippen LogP contribution in [0.2, 0.25) is 6.82 Å². The minimum Gasteiger partial charge on any atom is -0.508 e. The number of phenolic OH excluding ortho intramolecular Hbond substituents is 1. The Labute approximate surface area is 102 Å². The molecule has 92 valence electrons. The molecule has 4 nitrogen and oxygen atoms in total. The van der Waals surface area contributed by atoms with Gasteiger partial charge in [-0.15, -0.1) is 0 Å². The van der Waals surface area contributed by atoms with Crippen molar-refractivity contribution in [3.8, 4) is 5.75 Å². The first-order valence-electron chi connectivity index (χ1n) is 6.13. The van der Waals surface area contributed by atoms with E-state index in [2.05, 4.69) is 10.1 Å². The number of nitrogens with zero attached hydrogens (tertiary/aromatic N) is 1. The first kappa shape index (κ1) is 12.3. The SMILES string of the molecule is CB(O)N1CCC[C@@H](Nc2cccc(O)c2)C1. The van der Waals surface area contributed by atoms with E-state index in [0.717, 1.165) is 31.6 Å². The molecule has 1 saturated heterocycles. The summed E-state index contributed by atoms with van der Waals surface area (Å²) in [4.78, 5) is 2.06. The van der Waals surface area contributed by atoms with Crippen LogP contribution in [0, 0.1) is 0 Å². The Kier molecular flexibility index (Phi) is 3.91. The highest BCUT2D eigenvalue weighted by Gasteiger charge is 2.24. The van der Waals surface area contributed by atoms with Crippen molar-refractivity contribution in [2.24, 2.45) is 0 Å². The number of hydrogen-bond acceptors (Lipinski definition) is 4. The quantitative estimate of drug-likeness (QED) is 0.691. The zero-order valence-corrected chi connectivity index (χ0v) is 10.1.